The van der Waals surface area contributed by atoms with Crippen molar-refractivity contribution in [3.05, 3.63) is 28.3 Å². The molecule has 0 aromatic heterocycles. The van der Waals surface area contributed by atoms with E-state index in [0.29, 0.717) is 0 Å². The van der Waals surface area contributed by atoms with Gasteiger partial charge in [0.1, 0.15) is 0 Å². The molecular weight excluding hydrogens is 208 g/mol. The van der Waals surface area contributed by atoms with E-state index in [4.69, 9.17) is 11.1 Å². The lowest BCUT2D eigenvalue weighted by Crippen LogP contribution is -2.38. The smallest absolute Gasteiger partial charge is 0.162 e. The van der Waals surface area contributed by atoms with Crippen molar-refractivity contribution in [2.24, 2.45) is 0 Å². The summed E-state index contributed by atoms with van der Waals surface area (Å²) in [5.74, 6) is 0. The van der Waals surface area contributed by atoms with E-state index in [2.05, 4.69) is 46.9 Å². The average molecular weight is 227 g/mol. The zero-order chi connectivity index (χ0) is 11.1. The number of hydrogen-bond acceptors (Lipinski definition) is 0. The fourth-order valence-electron chi connectivity index (χ4n) is 1.83. The van der Waals surface area contributed by atoms with E-state index >= 15 is 0 Å². The minimum Gasteiger partial charge on any atom is -0.162 e. The Morgan fingerprint density at radius 2 is 1.43 bits per heavy atom. The second-order valence-corrected chi connectivity index (χ2v) is 10.9. The van der Waals surface area contributed by atoms with Crippen molar-refractivity contribution in [3.8, 4) is 0 Å². The molecule has 0 radical (unpaired) electrons. The Balaban J connectivity index is 3.49. The summed E-state index contributed by atoms with van der Waals surface area (Å²) in [6.07, 6.45) is 0. The number of aryl methyl sites for hydroxylation is 1. The predicted octanol–water partition coefficient (Wildman–Crippen LogP) is 3.57. The third-order valence-electron chi connectivity index (χ3n) is 3.12. The van der Waals surface area contributed by atoms with Gasteiger partial charge < -0.3 is 0 Å². The Bertz CT molecular complexity index is 362. The van der Waals surface area contributed by atoms with E-state index in [0.717, 1.165) is 0 Å². The maximum absolute atomic E-state index is 6.50. The molecule has 14 heavy (non-hydrogen) atoms. The largest absolute Gasteiger partial charge is 0.181 e. The molecule has 0 aliphatic rings. The number of rotatable bonds is 1. The van der Waals surface area contributed by atoms with E-state index < -0.39 is 7.38 Å². The number of benzene rings is 1. The SMILES string of the molecule is Cc1cc([Si](C)(C)Cl)c(C)c(C)c1C. The van der Waals surface area contributed by atoms with Gasteiger partial charge in [-0.3, -0.25) is 0 Å². The first kappa shape index (κ1) is 11.8. The topological polar surface area (TPSA) is 0 Å². The molecule has 0 fully saturated rings. The zero-order valence-corrected chi connectivity index (χ0v) is 11.7. The molecule has 0 aliphatic heterocycles. The summed E-state index contributed by atoms with van der Waals surface area (Å²) in [4.78, 5) is 0. The molecule has 1 rings (SSSR count). The summed E-state index contributed by atoms with van der Waals surface area (Å²) >= 11 is 6.50. The standard InChI is InChI=1S/C12H19ClSi/c1-8-7-12(14(5,6)13)11(4)10(3)9(8)2/h7H,1-6H3. The average Bonchev–Trinajstić information content (AvgIpc) is 2.06. The third-order valence-corrected chi connectivity index (χ3v) is 5.53. The van der Waals surface area contributed by atoms with Crippen LogP contribution >= 0.6 is 11.1 Å². The van der Waals surface area contributed by atoms with Crippen molar-refractivity contribution < 1.29 is 0 Å². The van der Waals surface area contributed by atoms with Crippen LogP contribution in [0.5, 0.6) is 0 Å². The molecule has 0 nitrogen and oxygen atoms in total. The Morgan fingerprint density at radius 3 is 1.86 bits per heavy atom. The fraction of sp³-hybridized carbons (Fsp3) is 0.500. The van der Waals surface area contributed by atoms with Crippen LogP contribution in [0.3, 0.4) is 0 Å². The minimum absolute atomic E-state index is 1.37. The molecular formula is C12H19ClSi. The second-order valence-electron chi connectivity index (χ2n) is 4.59. The first-order valence-electron chi connectivity index (χ1n) is 5.02. The second kappa shape index (κ2) is 3.71. The van der Waals surface area contributed by atoms with Gasteiger partial charge in [-0.2, -0.15) is 11.1 Å². The van der Waals surface area contributed by atoms with Gasteiger partial charge in [0.25, 0.3) is 0 Å². The molecule has 0 unspecified atom stereocenters. The highest BCUT2D eigenvalue weighted by Gasteiger charge is 2.23. The third kappa shape index (κ3) is 2.04. The van der Waals surface area contributed by atoms with Gasteiger partial charge in [0.05, 0.1) is 0 Å². The highest BCUT2D eigenvalue weighted by atomic mass is 35.6. The first-order chi connectivity index (χ1) is 6.25. The van der Waals surface area contributed by atoms with Crippen LogP contribution in [0.1, 0.15) is 22.3 Å². The van der Waals surface area contributed by atoms with E-state index in [1.807, 2.05) is 0 Å². The van der Waals surface area contributed by atoms with Crippen molar-refractivity contribution >= 4 is 23.6 Å². The summed E-state index contributed by atoms with van der Waals surface area (Å²) in [6, 6.07) is 2.27. The van der Waals surface area contributed by atoms with E-state index in [9.17, 15) is 0 Å². The number of hydrogen-bond donors (Lipinski definition) is 0. The normalized spacial score (nSPS) is 11.9. The van der Waals surface area contributed by atoms with Crippen LogP contribution in [-0.2, 0) is 0 Å². The van der Waals surface area contributed by atoms with Crippen LogP contribution in [0.4, 0.5) is 0 Å². The van der Waals surface area contributed by atoms with Gasteiger partial charge in [-0.25, -0.2) is 0 Å². The molecule has 0 saturated heterocycles. The summed E-state index contributed by atoms with van der Waals surface area (Å²) in [7, 11) is -1.69. The maximum atomic E-state index is 6.50. The molecule has 0 atom stereocenters. The molecule has 0 aliphatic carbocycles. The van der Waals surface area contributed by atoms with Crippen molar-refractivity contribution in [3.63, 3.8) is 0 Å². The van der Waals surface area contributed by atoms with Crippen molar-refractivity contribution in [2.75, 3.05) is 0 Å². The van der Waals surface area contributed by atoms with Gasteiger partial charge in [-0.1, -0.05) is 19.2 Å². The maximum Gasteiger partial charge on any atom is 0.181 e. The fourth-order valence-corrected chi connectivity index (χ4v) is 4.06. The lowest BCUT2D eigenvalue weighted by molar-refractivity contribution is 1.23. The van der Waals surface area contributed by atoms with E-state index in [-0.39, 0.29) is 0 Å². The van der Waals surface area contributed by atoms with E-state index in [1.165, 1.54) is 27.4 Å². The molecule has 0 bridgehead atoms. The van der Waals surface area contributed by atoms with Gasteiger partial charge in [-0.05, 0) is 55.1 Å². The first-order valence-corrected chi connectivity index (χ1v) is 9.03. The van der Waals surface area contributed by atoms with Gasteiger partial charge in [0, 0.05) is 0 Å². The number of halogens is 1. The Kier molecular flexibility index (Phi) is 3.12. The molecule has 0 amide bonds. The van der Waals surface area contributed by atoms with Crippen molar-refractivity contribution in [1.29, 1.82) is 0 Å². The zero-order valence-electron chi connectivity index (χ0n) is 9.96. The molecule has 2 heteroatoms. The summed E-state index contributed by atoms with van der Waals surface area (Å²) < 4.78 is 0. The van der Waals surface area contributed by atoms with Crippen LogP contribution in [-0.4, -0.2) is 7.38 Å². The summed E-state index contributed by atoms with van der Waals surface area (Å²) in [5.41, 5.74) is 5.56. The highest BCUT2D eigenvalue weighted by molar-refractivity contribution is 7.26. The van der Waals surface area contributed by atoms with Crippen LogP contribution < -0.4 is 5.19 Å². The van der Waals surface area contributed by atoms with Gasteiger partial charge in [-0.15, -0.1) is 0 Å². The molecule has 78 valence electrons. The lowest BCUT2D eigenvalue weighted by Gasteiger charge is -2.21. The van der Waals surface area contributed by atoms with Crippen LogP contribution in [0.25, 0.3) is 0 Å². The molecule has 1 aromatic rings. The predicted molar refractivity (Wildman–Crippen MR) is 68.4 cm³/mol. The van der Waals surface area contributed by atoms with Gasteiger partial charge >= 0.3 is 0 Å². The quantitative estimate of drug-likeness (QED) is 0.508. The minimum atomic E-state index is -1.69. The Morgan fingerprint density at radius 1 is 0.929 bits per heavy atom. The van der Waals surface area contributed by atoms with Gasteiger partial charge in [0.2, 0.25) is 0 Å². The summed E-state index contributed by atoms with van der Waals surface area (Å²) in [6.45, 7) is 13.1. The van der Waals surface area contributed by atoms with Crippen LogP contribution in [0.2, 0.25) is 13.1 Å². The molecule has 0 N–H and O–H groups in total. The van der Waals surface area contributed by atoms with E-state index in [1.54, 1.807) is 0 Å². The van der Waals surface area contributed by atoms with Crippen molar-refractivity contribution in [2.45, 2.75) is 40.8 Å². The monoisotopic (exact) mass is 226 g/mol. The molecule has 0 spiro atoms. The highest BCUT2D eigenvalue weighted by Crippen LogP contribution is 2.19. The summed E-state index contributed by atoms with van der Waals surface area (Å²) in [5, 5.41) is 1.39. The lowest BCUT2D eigenvalue weighted by atomic mass is 10.00. The van der Waals surface area contributed by atoms with Gasteiger partial charge in [0.15, 0.2) is 7.38 Å². The molecule has 1 aromatic carbocycles. The van der Waals surface area contributed by atoms with Crippen LogP contribution in [0, 0.1) is 27.7 Å². The molecule has 0 heterocycles. The van der Waals surface area contributed by atoms with Crippen LogP contribution in [0.15, 0.2) is 6.07 Å². The Hall–Kier alpha value is -0.273. The Labute approximate surface area is 93.0 Å². The van der Waals surface area contributed by atoms with Crippen molar-refractivity contribution in [1.82, 2.24) is 0 Å². The molecule has 0 saturated carbocycles.